The van der Waals surface area contributed by atoms with E-state index in [0.717, 1.165) is 34.2 Å². The molecule has 4 heteroatoms. The summed E-state index contributed by atoms with van der Waals surface area (Å²) in [7, 11) is 0. The summed E-state index contributed by atoms with van der Waals surface area (Å²) < 4.78 is 1.22. The van der Waals surface area contributed by atoms with Crippen molar-refractivity contribution in [3.8, 4) is 0 Å². The molecule has 0 bridgehead atoms. The molecule has 0 aliphatic carbocycles. The highest BCUT2D eigenvalue weighted by Gasteiger charge is 2.15. The SMILES string of the molecule is c1cc2c3c(cccc3c1)NC(Cc1nc3ccccc3s1)=N2. The number of nitrogens with zero attached hydrogens (tertiary/aromatic N) is 2. The van der Waals surface area contributed by atoms with Gasteiger partial charge in [0.05, 0.1) is 22.3 Å². The molecule has 3 aromatic carbocycles. The molecule has 0 fully saturated rings. The Hall–Kier alpha value is -2.72. The summed E-state index contributed by atoms with van der Waals surface area (Å²) in [6, 6.07) is 20.8. The Morgan fingerprint density at radius 2 is 1.78 bits per heavy atom. The predicted molar refractivity (Wildman–Crippen MR) is 98.0 cm³/mol. The molecule has 1 aliphatic heterocycles. The second-order valence-electron chi connectivity index (χ2n) is 5.62. The molecule has 0 saturated carbocycles. The van der Waals surface area contributed by atoms with Crippen molar-refractivity contribution in [3.63, 3.8) is 0 Å². The largest absolute Gasteiger partial charge is 0.343 e. The summed E-state index contributed by atoms with van der Waals surface area (Å²) in [6.45, 7) is 0. The number of aromatic nitrogens is 1. The Bertz CT molecular complexity index is 1040. The van der Waals surface area contributed by atoms with Crippen LogP contribution in [-0.2, 0) is 6.42 Å². The van der Waals surface area contributed by atoms with Crippen LogP contribution < -0.4 is 5.32 Å². The van der Waals surface area contributed by atoms with E-state index in [1.165, 1.54) is 15.5 Å². The van der Waals surface area contributed by atoms with Crippen molar-refractivity contribution >= 4 is 49.5 Å². The zero-order chi connectivity index (χ0) is 15.2. The summed E-state index contributed by atoms with van der Waals surface area (Å²) >= 11 is 1.73. The Balaban J connectivity index is 1.57. The second kappa shape index (κ2) is 4.89. The van der Waals surface area contributed by atoms with Crippen molar-refractivity contribution in [3.05, 3.63) is 65.7 Å². The minimum absolute atomic E-state index is 0.726. The number of nitrogens with one attached hydrogen (secondary N) is 1. The minimum atomic E-state index is 0.726. The van der Waals surface area contributed by atoms with E-state index < -0.39 is 0 Å². The lowest BCUT2D eigenvalue weighted by Crippen LogP contribution is -2.17. The molecule has 0 spiro atoms. The number of para-hydroxylation sites is 1. The van der Waals surface area contributed by atoms with Crippen LogP contribution in [0.25, 0.3) is 21.0 Å². The molecule has 0 radical (unpaired) electrons. The topological polar surface area (TPSA) is 37.3 Å². The van der Waals surface area contributed by atoms with Crippen molar-refractivity contribution < 1.29 is 0 Å². The minimum Gasteiger partial charge on any atom is -0.343 e. The quantitative estimate of drug-likeness (QED) is 0.555. The molecule has 1 aromatic heterocycles. The van der Waals surface area contributed by atoms with E-state index >= 15 is 0 Å². The monoisotopic (exact) mass is 315 g/mol. The van der Waals surface area contributed by atoms with Crippen LogP contribution in [0, 0.1) is 0 Å². The van der Waals surface area contributed by atoms with E-state index in [9.17, 15) is 0 Å². The van der Waals surface area contributed by atoms with Gasteiger partial charge in [0.1, 0.15) is 10.8 Å². The van der Waals surface area contributed by atoms with Crippen molar-refractivity contribution in [2.45, 2.75) is 6.42 Å². The maximum atomic E-state index is 4.80. The maximum absolute atomic E-state index is 4.80. The summed E-state index contributed by atoms with van der Waals surface area (Å²) in [6.07, 6.45) is 0.726. The fraction of sp³-hybridized carbons (Fsp3) is 0.0526. The van der Waals surface area contributed by atoms with E-state index in [-0.39, 0.29) is 0 Å². The average molecular weight is 315 g/mol. The van der Waals surface area contributed by atoms with Gasteiger partial charge in [0.15, 0.2) is 0 Å². The molecule has 5 rings (SSSR count). The lowest BCUT2D eigenvalue weighted by molar-refractivity contribution is 1.23. The molecule has 3 nitrogen and oxygen atoms in total. The van der Waals surface area contributed by atoms with E-state index in [1.807, 2.05) is 6.07 Å². The molecule has 110 valence electrons. The molecule has 4 aromatic rings. The zero-order valence-electron chi connectivity index (χ0n) is 12.3. The second-order valence-corrected chi connectivity index (χ2v) is 6.73. The molecule has 1 aliphatic rings. The number of hydrogen-bond acceptors (Lipinski definition) is 4. The van der Waals surface area contributed by atoms with E-state index in [4.69, 9.17) is 9.98 Å². The predicted octanol–water partition coefficient (Wildman–Crippen LogP) is 5.15. The zero-order valence-corrected chi connectivity index (χ0v) is 13.1. The number of fused-ring (bicyclic) bond motifs is 1. The lowest BCUT2D eigenvalue weighted by atomic mass is 10.1. The molecule has 1 N–H and O–H groups in total. The first kappa shape index (κ1) is 12.8. The Morgan fingerprint density at radius 1 is 0.913 bits per heavy atom. The molecule has 23 heavy (non-hydrogen) atoms. The number of amidine groups is 1. The molecule has 0 saturated heterocycles. The molecular weight excluding hydrogens is 302 g/mol. The van der Waals surface area contributed by atoms with Gasteiger partial charge < -0.3 is 5.32 Å². The third-order valence-corrected chi connectivity index (χ3v) is 5.11. The van der Waals surface area contributed by atoms with Gasteiger partial charge in [-0.1, -0.05) is 36.4 Å². The number of anilines is 1. The smallest absolute Gasteiger partial charge is 0.114 e. The standard InChI is InChI=1S/C19H13N3S/c1-2-10-16-13(7-1)22-18(23-16)11-17-20-14-8-3-5-12-6-4-9-15(21-17)19(12)14/h1-10H,11H2,(H,20,21). The van der Waals surface area contributed by atoms with Crippen LogP contribution >= 0.6 is 11.3 Å². The van der Waals surface area contributed by atoms with Crippen LogP contribution in [0.2, 0.25) is 0 Å². The highest BCUT2D eigenvalue weighted by Crippen LogP contribution is 2.36. The van der Waals surface area contributed by atoms with Gasteiger partial charge in [-0.15, -0.1) is 11.3 Å². The van der Waals surface area contributed by atoms with Crippen molar-refractivity contribution in [1.82, 2.24) is 4.98 Å². The van der Waals surface area contributed by atoms with Crippen LogP contribution in [-0.4, -0.2) is 10.8 Å². The Kier molecular flexibility index (Phi) is 2.72. The van der Waals surface area contributed by atoms with Crippen LogP contribution in [0.3, 0.4) is 0 Å². The van der Waals surface area contributed by atoms with Crippen LogP contribution in [0.15, 0.2) is 65.7 Å². The van der Waals surface area contributed by atoms with Crippen LogP contribution in [0.4, 0.5) is 11.4 Å². The molecule has 0 unspecified atom stereocenters. The molecule has 0 amide bonds. The maximum Gasteiger partial charge on any atom is 0.114 e. The number of aliphatic imine (C=N–C) groups is 1. The number of rotatable bonds is 2. The van der Waals surface area contributed by atoms with Gasteiger partial charge in [0.2, 0.25) is 0 Å². The lowest BCUT2D eigenvalue weighted by Gasteiger charge is -2.18. The van der Waals surface area contributed by atoms with Crippen molar-refractivity contribution in [2.24, 2.45) is 4.99 Å². The molecule has 2 heterocycles. The first-order valence-electron chi connectivity index (χ1n) is 7.58. The summed E-state index contributed by atoms with van der Waals surface area (Å²) in [5, 5.41) is 6.97. The van der Waals surface area contributed by atoms with Crippen LogP contribution in [0.5, 0.6) is 0 Å². The first-order chi connectivity index (χ1) is 11.4. The van der Waals surface area contributed by atoms with E-state index in [2.05, 4.69) is 59.9 Å². The van der Waals surface area contributed by atoms with Gasteiger partial charge in [0, 0.05) is 11.1 Å². The normalized spacial score (nSPS) is 13.1. The summed E-state index contributed by atoms with van der Waals surface area (Å²) in [5.74, 6) is 0.954. The van der Waals surface area contributed by atoms with Gasteiger partial charge >= 0.3 is 0 Å². The third kappa shape index (κ3) is 2.11. The number of thiazole rings is 1. The van der Waals surface area contributed by atoms with Crippen molar-refractivity contribution in [1.29, 1.82) is 0 Å². The molecular formula is C19H13N3S. The fourth-order valence-electron chi connectivity index (χ4n) is 3.07. The highest BCUT2D eigenvalue weighted by molar-refractivity contribution is 7.18. The fourth-order valence-corrected chi connectivity index (χ4v) is 4.04. The van der Waals surface area contributed by atoms with E-state index in [1.54, 1.807) is 11.3 Å². The Morgan fingerprint density at radius 3 is 2.70 bits per heavy atom. The highest BCUT2D eigenvalue weighted by atomic mass is 32.1. The van der Waals surface area contributed by atoms with Crippen LogP contribution in [0.1, 0.15) is 5.01 Å². The van der Waals surface area contributed by atoms with Gasteiger partial charge in [-0.2, -0.15) is 0 Å². The Labute approximate surface area is 137 Å². The number of hydrogen-bond donors (Lipinski definition) is 1. The van der Waals surface area contributed by atoms with E-state index in [0.29, 0.717) is 0 Å². The summed E-state index contributed by atoms with van der Waals surface area (Å²) in [5.41, 5.74) is 3.23. The summed E-state index contributed by atoms with van der Waals surface area (Å²) in [4.78, 5) is 9.51. The number of benzene rings is 3. The van der Waals surface area contributed by atoms with Gasteiger partial charge in [-0.3, -0.25) is 0 Å². The third-order valence-electron chi connectivity index (χ3n) is 4.07. The molecule has 0 atom stereocenters. The first-order valence-corrected chi connectivity index (χ1v) is 8.39. The van der Waals surface area contributed by atoms with Crippen molar-refractivity contribution in [2.75, 3.05) is 5.32 Å². The van der Waals surface area contributed by atoms with Gasteiger partial charge in [0.25, 0.3) is 0 Å². The van der Waals surface area contributed by atoms with Gasteiger partial charge in [-0.05, 0) is 29.7 Å². The van der Waals surface area contributed by atoms with Gasteiger partial charge in [-0.25, -0.2) is 9.98 Å². The average Bonchev–Trinajstić information content (AvgIpc) is 2.97.